The van der Waals surface area contributed by atoms with Crippen LogP contribution in [0.1, 0.15) is 12.0 Å². The first kappa shape index (κ1) is 9.84. The van der Waals surface area contributed by atoms with Gasteiger partial charge in [0.25, 0.3) is 0 Å². The second-order valence-electron chi connectivity index (χ2n) is 4.00. The van der Waals surface area contributed by atoms with Crippen LogP contribution in [-0.4, -0.2) is 0 Å². The van der Waals surface area contributed by atoms with E-state index in [9.17, 15) is 0 Å². The summed E-state index contributed by atoms with van der Waals surface area (Å²) in [7, 11) is 0. The largest absolute Gasteiger partial charge is 0.399 e. The van der Waals surface area contributed by atoms with Crippen molar-refractivity contribution in [3.8, 4) is 0 Å². The van der Waals surface area contributed by atoms with Gasteiger partial charge >= 0.3 is 0 Å². The lowest BCUT2D eigenvalue weighted by atomic mass is 9.92. The maximum Gasteiger partial charge on any atom is 0.0314 e. The van der Waals surface area contributed by atoms with E-state index < -0.39 is 0 Å². The smallest absolute Gasteiger partial charge is 0.0314 e. The summed E-state index contributed by atoms with van der Waals surface area (Å²) < 4.78 is 0. The van der Waals surface area contributed by atoms with Crippen LogP contribution in [0.25, 0.3) is 0 Å². The summed E-state index contributed by atoms with van der Waals surface area (Å²) in [5.74, 6) is 0.570. The molecule has 0 amide bonds. The molecule has 1 aromatic carbocycles. The fourth-order valence-electron chi connectivity index (χ4n) is 1.79. The van der Waals surface area contributed by atoms with Gasteiger partial charge in [-0.1, -0.05) is 24.3 Å². The van der Waals surface area contributed by atoms with Crippen molar-refractivity contribution in [1.82, 2.24) is 0 Å². The van der Waals surface area contributed by atoms with E-state index in [1.165, 1.54) is 5.56 Å². The van der Waals surface area contributed by atoms with Crippen molar-refractivity contribution < 1.29 is 0 Å². The van der Waals surface area contributed by atoms with Gasteiger partial charge in [0.05, 0.1) is 0 Å². The molecule has 78 valence electrons. The normalized spacial score (nSPS) is 20.0. The second-order valence-corrected chi connectivity index (χ2v) is 4.00. The zero-order valence-electron chi connectivity index (χ0n) is 8.69. The molecule has 0 heterocycles. The van der Waals surface area contributed by atoms with Gasteiger partial charge in [0.15, 0.2) is 0 Å². The van der Waals surface area contributed by atoms with Crippen LogP contribution in [0.2, 0.25) is 0 Å². The van der Waals surface area contributed by atoms with Crippen molar-refractivity contribution in [2.24, 2.45) is 11.7 Å². The minimum absolute atomic E-state index is 0.570. The van der Waals surface area contributed by atoms with Crippen LogP contribution in [-0.2, 0) is 6.42 Å². The molecule has 1 atom stereocenters. The lowest BCUT2D eigenvalue weighted by Crippen LogP contribution is -2.07. The molecule has 4 N–H and O–H groups in total. The van der Waals surface area contributed by atoms with E-state index in [2.05, 4.69) is 24.3 Å². The van der Waals surface area contributed by atoms with E-state index in [-0.39, 0.29) is 0 Å². The third-order valence-electron chi connectivity index (χ3n) is 2.69. The molecule has 0 fully saturated rings. The number of benzene rings is 1. The summed E-state index contributed by atoms with van der Waals surface area (Å²) in [4.78, 5) is 0. The van der Waals surface area contributed by atoms with Gasteiger partial charge < -0.3 is 11.5 Å². The van der Waals surface area contributed by atoms with Gasteiger partial charge in [0, 0.05) is 11.4 Å². The van der Waals surface area contributed by atoms with Gasteiger partial charge in [-0.3, -0.25) is 0 Å². The molecule has 0 spiro atoms. The van der Waals surface area contributed by atoms with Crippen molar-refractivity contribution in [1.29, 1.82) is 0 Å². The van der Waals surface area contributed by atoms with E-state index in [0.717, 1.165) is 24.2 Å². The van der Waals surface area contributed by atoms with E-state index in [0.29, 0.717) is 5.92 Å². The number of anilines is 1. The van der Waals surface area contributed by atoms with Crippen LogP contribution in [0.15, 0.2) is 48.2 Å². The Morgan fingerprint density at radius 3 is 2.47 bits per heavy atom. The molecular formula is C13H16N2. The maximum absolute atomic E-state index is 5.67. The molecule has 2 nitrogen and oxygen atoms in total. The molecule has 0 radical (unpaired) electrons. The van der Waals surface area contributed by atoms with E-state index >= 15 is 0 Å². The fourth-order valence-corrected chi connectivity index (χ4v) is 1.79. The number of nitrogens with two attached hydrogens (primary N) is 2. The summed E-state index contributed by atoms with van der Waals surface area (Å²) in [6, 6.07) is 8.08. The second kappa shape index (κ2) is 4.22. The van der Waals surface area contributed by atoms with Gasteiger partial charge in [0.2, 0.25) is 0 Å². The molecule has 0 saturated carbocycles. The van der Waals surface area contributed by atoms with Gasteiger partial charge in [-0.05, 0) is 42.5 Å². The molecular weight excluding hydrogens is 184 g/mol. The molecule has 1 aliphatic carbocycles. The van der Waals surface area contributed by atoms with Gasteiger partial charge in [-0.15, -0.1) is 0 Å². The number of nitrogen functional groups attached to an aromatic ring is 1. The minimum Gasteiger partial charge on any atom is -0.399 e. The monoisotopic (exact) mass is 200 g/mol. The third kappa shape index (κ3) is 2.62. The van der Waals surface area contributed by atoms with Crippen LogP contribution in [0.3, 0.4) is 0 Å². The van der Waals surface area contributed by atoms with Crippen molar-refractivity contribution in [2.45, 2.75) is 12.8 Å². The Morgan fingerprint density at radius 2 is 1.87 bits per heavy atom. The quantitative estimate of drug-likeness (QED) is 0.719. The topological polar surface area (TPSA) is 52.0 Å². The summed E-state index contributed by atoms with van der Waals surface area (Å²) >= 11 is 0. The highest BCUT2D eigenvalue weighted by molar-refractivity contribution is 5.39. The van der Waals surface area contributed by atoms with Crippen LogP contribution in [0, 0.1) is 5.92 Å². The SMILES string of the molecule is NC1=CCC(Cc2ccc(N)cc2)C=C1. The zero-order valence-corrected chi connectivity index (χ0v) is 8.69. The molecule has 1 unspecified atom stereocenters. The Bertz CT molecular complexity index is 388. The maximum atomic E-state index is 5.67. The van der Waals surface area contributed by atoms with E-state index in [4.69, 9.17) is 11.5 Å². The molecule has 0 aliphatic heterocycles. The van der Waals surface area contributed by atoms with E-state index in [1.807, 2.05) is 18.2 Å². The van der Waals surface area contributed by atoms with Crippen LogP contribution < -0.4 is 11.5 Å². The highest BCUT2D eigenvalue weighted by Crippen LogP contribution is 2.19. The van der Waals surface area contributed by atoms with Crippen LogP contribution in [0.4, 0.5) is 5.69 Å². The highest BCUT2D eigenvalue weighted by Gasteiger charge is 2.08. The lowest BCUT2D eigenvalue weighted by Gasteiger charge is -2.14. The van der Waals surface area contributed by atoms with Crippen LogP contribution in [0.5, 0.6) is 0 Å². The average molecular weight is 200 g/mol. The molecule has 1 aromatic rings. The Kier molecular flexibility index (Phi) is 2.77. The highest BCUT2D eigenvalue weighted by atomic mass is 14.6. The standard InChI is InChI=1S/C13H16N2/c14-12-5-1-10(2-6-12)9-11-3-7-13(15)8-4-11/h1-3,5-8,11H,4,9,14-15H2. The summed E-state index contributed by atoms with van der Waals surface area (Å²) in [5, 5.41) is 0. The third-order valence-corrected chi connectivity index (χ3v) is 2.69. The van der Waals surface area contributed by atoms with Gasteiger partial charge in [-0.25, -0.2) is 0 Å². The summed E-state index contributed by atoms with van der Waals surface area (Å²) in [6.45, 7) is 0. The zero-order chi connectivity index (χ0) is 10.7. The van der Waals surface area contributed by atoms with Crippen molar-refractivity contribution in [2.75, 3.05) is 5.73 Å². The van der Waals surface area contributed by atoms with Crippen LogP contribution >= 0.6 is 0 Å². The summed E-state index contributed by atoms with van der Waals surface area (Å²) in [5.41, 5.74) is 14.3. The molecule has 2 rings (SSSR count). The van der Waals surface area contributed by atoms with Gasteiger partial charge in [-0.2, -0.15) is 0 Å². The number of rotatable bonds is 2. The van der Waals surface area contributed by atoms with E-state index in [1.54, 1.807) is 0 Å². The lowest BCUT2D eigenvalue weighted by molar-refractivity contribution is 0.649. The Morgan fingerprint density at radius 1 is 1.13 bits per heavy atom. The Labute approximate surface area is 90.3 Å². The fraction of sp³-hybridized carbons (Fsp3) is 0.231. The number of hydrogen-bond donors (Lipinski definition) is 2. The summed E-state index contributed by atoms with van der Waals surface area (Å²) in [6.07, 6.45) is 8.35. The molecule has 0 saturated heterocycles. The number of hydrogen-bond acceptors (Lipinski definition) is 2. The molecule has 0 bridgehead atoms. The van der Waals surface area contributed by atoms with Crippen molar-refractivity contribution in [3.63, 3.8) is 0 Å². The first-order valence-electron chi connectivity index (χ1n) is 5.22. The first-order chi connectivity index (χ1) is 7.24. The predicted octanol–water partition coefficient (Wildman–Crippen LogP) is 2.23. The number of allylic oxidation sites excluding steroid dienone is 3. The first-order valence-corrected chi connectivity index (χ1v) is 5.22. The van der Waals surface area contributed by atoms with Gasteiger partial charge in [0.1, 0.15) is 0 Å². The predicted molar refractivity (Wildman–Crippen MR) is 64.1 cm³/mol. The van der Waals surface area contributed by atoms with Crippen molar-refractivity contribution in [3.05, 3.63) is 53.8 Å². The molecule has 0 aromatic heterocycles. The average Bonchev–Trinajstić information content (AvgIpc) is 2.25. The minimum atomic E-state index is 0.570. The van der Waals surface area contributed by atoms with Crippen molar-refractivity contribution >= 4 is 5.69 Å². The molecule has 2 heteroatoms. The molecule has 1 aliphatic rings. The molecule has 15 heavy (non-hydrogen) atoms. The Hall–Kier alpha value is -1.70. The Balaban J connectivity index is 1.99.